The minimum absolute atomic E-state index is 0.0736. The number of halogens is 1. The molecule has 4 nitrogen and oxygen atoms in total. The molecule has 0 spiro atoms. The average molecular weight is 352 g/mol. The van der Waals surface area contributed by atoms with Gasteiger partial charge in [0.15, 0.2) is 0 Å². The van der Waals surface area contributed by atoms with Crippen LogP contribution in [0.1, 0.15) is 57.6 Å². The van der Waals surface area contributed by atoms with Gasteiger partial charge in [-0.15, -0.1) is 0 Å². The van der Waals surface area contributed by atoms with Crippen molar-refractivity contribution >= 4 is 24.0 Å². The van der Waals surface area contributed by atoms with Gasteiger partial charge in [0.2, 0.25) is 0 Å². The molecule has 0 heterocycles. The number of nitrogens with one attached hydrogen (secondary N) is 1. The van der Waals surface area contributed by atoms with E-state index in [1.807, 2.05) is 32.9 Å². The van der Waals surface area contributed by atoms with Crippen LogP contribution in [-0.2, 0) is 21.4 Å². The first-order valence-corrected chi connectivity index (χ1v) is 8.83. The maximum atomic E-state index is 11.8. The highest BCUT2D eigenvalue weighted by molar-refractivity contribution is 6.30. The predicted molar refractivity (Wildman–Crippen MR) is 95.6 cm³/mol. The number of hydrogen-bond donors (Lipinski definition) is 1. The second-order valence-corrected chi connectivity index (χ2v) is 7.90. The molecule has 0 aliphatic heterocycles. The van der Waals surface area contributed by atoms with Gasteiger partial charge in [0, 0.05) is 18.0 Å². The Bertz CT molecular complexity index is 609. The van der Waals surface area contributed by atoms with E-state index in [-0.39, 0.29) is 5.41 Å². The van der Waals surface area contributed by atoms with Crippen molar-refractivity contribution in [1.82, 2.24) is 5.32 Å². The summed E-state index contributed by atoms with van der Waals surface area (Å²) in [5.41, 5.74) is 1.94. The quantitative estimate of drug-likeness (QED) is 0.772. The molecule has 1 aromatic carbocycles. The van der Waals surface area contributed by atoms with Crippen LogP contribution in [-0.4, -0.2) is 24.5 Å². The zero-order valence-corrected chi connectivity index (χ0v) is 15.4. The lowest BCUT2D eigenvalue weighted by atomic mass is 9.75. The topological polar surface area (TPSA) is 55.4 Å². The van der Waals surface area contributed by atoms with Gasteiger partial charge in [-0.3, -0.25) is 0 Å². The molecule has 132 valence electrons. The fourth-order valence-electron chi connectivity index (χ4n) is 3.49. The van der Waals surface area contributed by atoms with Gasteiger partial charge in [0.1, 0.15) is 11.9 Å². The van der Waals surface area contributed by atoms with Crippen molar-refractivity contribution in [2.24, 2.45) is 0 Å². The fourth-order valence-corrected chi connectivity index (χ4v) is 3.69. The third-order valence-electron chi connectivity index (χ3n) is 4.52. The minimum atomic E-state index is -0.504. The largest absolute Gasteiger partial charge is 0.444 e. The zero-order valence-electron chi connectivity index (χ0n) is 14.7. The van der Waals surface area contributed by atoms with E-state index >= 15 is 0 Å². The van der Waals surface area contributed by atoms with E-state index in [2.05, 4.69) is 11.4 Å². The van der Waals surface area contributed by atoms with E-state index in [4.69, 9.17) is 16.3 Å². The van der Waals surface area contributed by atoms with Gasteiger partial charge in [-0.2, -0.15) is 0 Å². The van der Waals surface area contributed by atoms with Crippen LogP contribution < -0.4 is 5.32 Å². The van der Waals surface area contributed by atoms with E-state index in [0.29, 0.717) is 13.0 Å². The Morgan fingerprint density at radius 1 is 1.38 bits per heavy atom. The maximum absolute atomic E-state index is 11.8. The first kappa shape index (κ1) is 18.8. The number of carbonyl (C=O) groups is 2. The number of fused-ring (bicyclic) bond motifs is 1. The van der Waals surface area contributed by atoms with Crippen molar-refractivity contribution in [1.29, 1.82) is 0 Å². The molecular weight excluding hydrogens is 326 g/mol. The summed E-state index contributed by atoms with van der Waals surface area (Å²) in [4.78, 5) is 22.7. The Balaban J connectivity index is 2.05. The number of benzene rings is 1. The van der Waals surface area contributed by atoms with Gasteiger partial charge in [0.25, 0.3) is 0 Å². The van der Waals surface area contributed by atoms with Crippen LogP contribution in [0, 0.1) is 0 Å². The lowest BCUT2D eigenvalue weighted by Gasteiger charge is -2.30. The van der Waals surface area contributed by atoms with Crippen LogP contribution in [0.5, 0.6) is 0 Å². The Hall–Kier alpha value is -1.55. The van der Waals surface area contributed by atoms with E-state index in [0.717, 1.165) is 37.0 Å². The summed E-state index contributed by atoms with van der Waals surface area (Å²) in [6.07, 6.45) is 4.61. The number of amides is 1. The molecular formula is C19H26ClNO3. The first-order chi connectivity index (χ1) is 11.3. The molecule has 1 amide bonds. The highest BCUT2D eigenvalue weighted by Crippen LogP contribution is 2.45. The lowest BCUT2D eigenvalue weighted by Crippen LogP contribution is -2.36. The summed E-state index contributed by atoms with van der Waals surface area (Å²) in [5, 5.41) is 3.58. The molecule has 0 radical (unpaired) electrons. The number of aldehydes is 1. The molecule has 1 aliphatic carbocycles. The van der Waals surface area contributed by atoms with Crippen molar-refractivity contribution in [3.8, 4) is 0 Å². The summed E-state index contributed by atoms with van der Waals surface area (Å²) >= 11 is 6.10. The number of ether oxygens (including phenoxy) is 1. The van der Waals surface area contributed by atoms with Gasteiger partial charge < -0.3 is 14.8 Å². The van der Waals surface area contributed by atoms with E-state index < -0.39 is 11.7 Å². The molecule has 24 heavy (non-hydrogen) atoms. The van der Waals surface area contributed by atoms with Crippen LogP contribution in [0.25, 0.3) is 0 Å². The second-order valence-electron chi connectivity index (χ2n) is 7.47. The zero-order chi connectivity index (χ0) is 17.8. The predicted octanol–water partition coefficient (Wildman–Crippen LogP) is 4.42. The Labute approximate surface area is 148 Å². The third kappa shape index (κ3) is 4.73. The van der Waals surface area contributed by atoms with Gasteiger partial charge in [-0.25, -0.2) is 4.79 Å². The Morgan fingerprint density at radius 3 is 2.79 bits per heavy atom. The number of aryl methyl sites for hydroxylation is 1. The summed E-state index contributed by atoms with van der Waals surface area (Å²) in [5.74, 6) is 0. The van der Waals surface area contributed by atoms with Crippen molar-refractivity contribution in [2.75, 3.05) is 6.54 Å². The summed E-state index contributed by atoms with van der Waals surface area (Å²) in [6, 6.07) is 5.99. The van der Waals surface area contributed by atoms with E-state index in [1.54, 1.807) is 0 Å². The maximum Gasteiger partial charge on any atom is 0.407 e. The van der Waals surface area contributed by atoms with Crippen molar-refractivity contribution in [3.63, 3.8) is 0 Å². The summed E-state index contributed by atoms with van der Waals surface area (Å²) in [7, 11) is 0. The van der Waals surface area contributed by atoms with Gasteiger partial charge in [-0.05, 0) is 75.1 Å². The first-order valence-electron chi connectivity index (χ1n) is 8.45. The molecule has 0 saturated heterocycles. The molecule has 0 bridgehead atoms. The molecule has 1 unspecified atom stereocenters. The van der Waals surface area contributed by atoms with Crippen LogP contribution in [0.4, 0.5) is 4.79 Å². The van der Waals surface area contributed by atoms with Crippen LogP contribution in [0.2, 0.25) is 5.02 Å². The highest BCUT2D eigenvalue weighted by atomic mass is 35.5. The molecule has 1 N–H and O–H groups in total. The average Bonchev–Trinajstić information content (AvgIpc) is 2.82. The Kier molecular flexibility index (Phi) is 5.92. The molecule has 0 aromatic heterocycles. The molecule has 0 fully saturated rings. The number of alkyl carbamates (subject to hydrolysis) is 1. The highest BCUT2D eigenvalue weighted by Gasteiger charge is 2.38. The van der Waals surface area contributed by atoms with Crippen molar-refractivity contribution in [3.05, 3.63) is 34.3 Å². The molecule has 0 saturated carbocycles. The standard InChI is InChI=1S/C19H26ClNO3/c1-18(2,3)24-17(23)21-11-10-19(8-4-12-22)9-7-14-13-15(20)5-6-16(14)19/h5-6,12-13H,4,7-11H2,1-3H3,(H,21,23). The van der Waals surface area contributed by atoms with Crippen LogP contribution in [0.3, 0.4) is 0 Å². The van der Waals surface area contributed by atoms with Crippen molar-refractivity contribution < 1.29 is 14.3 Å². The fraction of sp³-hybridized carbons (Fsp3) is 0.579. The molecule has 5 heteroatoms. The summed E-state index contributed by atoms with van der Waals surface area (Å²) < 4.78 is 5.28. The molecule has 1 aliphatic rings. The van der Waals surface area contributed by atoms with Gasteiger partial charge in [0.05, 0.1) is 0 Å². The van der Waals surface area contributed by atoms with Crippen LogP contribution in [0.15, 0.2) is 18.2 Å². The molecule has 1 atom stereocenters. The van der Waals surface area contributed by atoms with Crippen LogP contribution >= 0.6 is 11.6 Å². The van der Waals surface area contributed by atoms with Gasteiger partial charge in [-0.1, -0.05) is 17.7 Å². The smallest absolute Gasteiger partial charge is 0.407 e. The third-order valence-corrected chi connectivity index (χ3v) is 4.76. The number of rotatable bonds is 6. The lowest BCUT2D eigenvalue weighted by molar-refractivity contribution is -0.108. The molecule has 1 aromatic rings. The second kappa shape index (κ2) is 7.56. The monoisotopic (exact) mass is 351 g/mol. The number of hydrogen-bond acceptors (Lipinski definition) is 3. The summed E-state index contributed by atoms with van der Waals surface area (Å²) in [6.45, 7) is 6.05. The molecule has 2 rings (SSSR count). The van der Waals surface area contributed by atoms with Crippen molar-refractivity contribution in [2.45, 2.75) is 63.9 Å². The van der Waals surface area contributed by atoms with E-state index in [9.17, 15) is 9.59 Å². The van der Waals surface area contributed by atoms with E-state index in [1.165, 1.54) is 11.1 Å². The Morgan fingerprint density at radius 2 is 2.12 bits per heavy atom. The normalized spacial score (nSPS) is 19.7. The SMILES string of the molecule is CC(C)(C)OC(=O)NCCC1(CCC=O)CCc2cc(Cl)ccc21. The minimum Gasteiger partial charge on any atom is -0.444 e. The van der Waals surface area contributed by atoms with Gasteiger partial charge >= 0.3 is 6.09 Å². The number of carbonyl (C=O) groups excluding carboxylic acids is 2.